The molecule has 48 heavy (non-hydrogen) atoms. The van der Waals surface area contributed by atoms with Crippen LogP contribution in [0.5, 0.6) is 5.75 Å². The van der Waals surface area contributed by atoms with E-state index in [2.05, 4.69) is 31.2 Å². The minimum Gasteiger partial charge on any atom is -0.444 e. The first-order valence-corrected chi connectivity index (χ1v) is 16.1. The Hall–Kier alpha value is -4.39. The number of alkyl halides is 3. The van der Waals surface area contributed by atoms with Gasteiger partial charge < -0.3 is 25.0 Å². The normalized spacial score (nSPS) is 16.8. The molecule has 0 aliphatic carbocycles. The summed E-state index contributed by atoms with van der Waals surface area (Å²) >= 11 is 0. The van der Waals surface area contributed by atoms with E-state index >= 15 is 0 Å². The fourth-order valence-corrected chi connectivity index (χ4v) is 5.91. The van der Waals surface area contributed by atoms with Crippen molar-refractivity contribution in [2.24, 2.45) is 0 Å². The van der Waals surface area contributed by atoms with Crippen molar-refractivity contribution in [2.45, 2.75) is 77.0 Å². The molecule has 0 radical (unpaired) electrons. The fourth-order valence-electron chi connectivity index (χ4n) is 5.91. The number of ether oxygens (including phenoxy) is 2. The fraction of sp³-hybridized carbons (Fsp3) is 0.457. The molecule has 0 spiro atoms. The lowest BCUT2D eigenvalue weighted by Crippen LogP contribution is -2.46. The maximum atomic E-state index is 14.6. The van der Waals surface area contributed by atoms with Gasteiger partial charge >= 0.3 is 12.5 Å². The molecule has 9 nitrogen and oxygen atoms in total. The molecule has 2 N–H and O–H groups in total. The molecule has 2 fully saturated rings. The molecule has 2 aliphatic rings. The van der Waals surface area contributed by atoms with Crippen LogP contribution in [0.25, 0.3) is 11.1 Å². The van der Waals surface area contributed by atoms with Gasteiger partial charge in [0.25, 0.3) is 5.91 Å². The summed E-state index contributed by atoms with van der Waals surface area (Å²) in [5, 5.41) is 6.00. The van der Waals surface area contributed by atoms with Crippen LogP contribution in [0.4, 0.5) is 28.2 Å². The highest BCUT2D eigenvalue weighted by Crippen LogP contribution is 2.29. The molecular formula is C35H41F4N5O4. The molecule has 3 aromatic rings. The number of halogens is 4. The lowest BCUT2D eigenvalue weighted by Gasteiger charge is -2.34. The molecule has 2 saturated heterocycles. The number of aromatic nitrogens is 1. The largest absolute Gasteiger partial charge is 0.573 e. The molecule has 0 atom stereocenters. The molecule has 0 bridgehead atoms. The van der Waals surface area contributed by atoms with Crippen molar-refractivity contribution < 1.29 is 36.6 Å². The van der Waals surface area contributed by atoms with Crippen LogP contribution in [0, 0.1) is 5.82 Å². The Morgan fingerprint density at radius 2 is 1.52 bits per heavy atom. The monoisotopic (exact) mass is 671 g/mol. The van der Waals surface area contributed by atoms with E-state index in [-0.39, 0.29) is 35.2 Å². The van der Waals surface area contributed by atoms with Gasteiger partial charge in [0.1, 0.15) is 23.0 Å². The number of pyridine rings is 1. The molecule has 5 rings (SSSR count). The standard InChI is InChI=1S/C35H41F4N5O4/c1-34(2,3)48-33(46)42-27-14-18-44(19-15-27)31-11-4-23(21-40-31)22-43-16-12-26(13-17-43)41-32(45)25-7-10-30(36)29(20-25)24-5-8-28(9-6-24)47-35(37,38)39/h4-11,20-21,26-27H,12-19,22H2,1-3H3,(H,41,45)(H,42,46). The van der Waals surface area contributed by atoms with Gasteiger partial charge in [-0.15, -0.1) is 13.2 Å². The molecule has 1 aromatic heterocycles. The van der Waals surface area contributed by atoms with E-state index in [4.69, 9.17) is 9.72 Å². The minimum absolute atomic E-state index is 0.0470. The van der Waals surface area contributed by atoms with Crippen molar-refractivity contribution in [3.63, 3.8) is 0 Å². The third-order valence-corrected chi connectivity index (χ3v) is 8.31. The van der Waals surface area contributed by atoms with Crippen LogP contribution in [-0.4, -0.2) is 72.1 Å². The third kappa shape index (κ3) is 10.1. The van der Waals surface area contributed by atoms with Crippen LogP contribution in [0.2, 0.25) is 0 Å². The first-order valence-electron chi connectivity index (χ1n) is 16.1. The number of hydrogen-bond acceptors (Lipinski definition) is 7. The van der Waals surface area contributed by atoms with Crippen molar-refractivity contribution in [3.8, 4) is 16.9 Å². The van der Waals surface area contributed by atoms with E-state index in [9.17, 15) is 27.2 Å². The molecule has 2 aliphatic heterocycles. The van der Waals surface area contributed by atoms with Crippen LogP contribution in [0.3, 0.4) is 0 Å². The van der Waals surface area contributed by atoms with Crippen LogP contribution in [-0.2, 0) is 11.3 Å². The molecule has 0 saturated carbocycles. The quantitative estimate of drug-likeness (QED) is 0.258. The van der Waals surface area contributed by atoms with Crippen molar-refractivity contribution in [2.75, 3.05) is 31.1 Å². The summed E-state index contributed by atoms with van der Waals surface area (Å²) in [6, 6.07) is 13.0. The molecule has 13 heteroatoms. The van der Waals surface area contributed by atoms with Gasteiger partial charge in [-0.2, -0.15) is 0 Å². The highest BCUT2D eigenvalue weighted by Gasteiger charge is 2.31. The van der Waals surface area contributed by atoms with Gasteiger partial charge in [0.15, 0.2) is 0 Å². The average molecular weight is 672 g/mol. The molecule has 258 valence electrons. The van der Waals surface area contributed by atoms with Crippen LogP contribution in [0.15, 0.2) is 60.8 Å². The van der Waals surface area contributed by atoms with Crippen molar-refractivity contribution >= 4 is 17.8 Å². The van der Waals surface area contributed by atoms with Gasteiger partial charge in [-0.3, -0.25) is 9.69 Å². The smallest absolute Gasteiger partial charge is 0.444 e. The first-order chi connectivity index (χ1) is 22.7. The van der Waals surface area contributed by atoms with Gasteiger partial charge in [-0.05, 0) is 94.0 Å². The number of benzene rings is 2. The van der Waals surface area contributed by atoms with E-state index in [1.54, 1.807) is 0 Å². The molecule has 3 heterocycles. The SMILES string of the molecule is CC(C)(C)OC(=O)NC1CCN(c2ccc(CN3CCC(NC(=O)c4ccc(F)c(-c5ccc(OC(F)(F)F)cc5)c4)CC3)cn2)CC1. The summed E-state index contributed by atoms with van der Waals surface area (Å²) in [7, 11) is 0. The number of rotatable bonds is 8. The van der Waals surface area contributed by atoms with E-state index in [1.807, 2.05) is 33.0 Å². The first kappa shape index (κ1) is 34.9. The summed E-state index contributed by atoms with van der Waals surface area (Å²) in [5.74, 6) is -0.435. The van der Waals surface area contributed by atoms with Crippen molar-refractivity contribution in [1.29, 1.82) is 0 Å². The van der Waals surface area contributed by atoms with Gasteiger partial charge in [0.2, 0.25) is 0 Å². The maximum Gasteiger partial charge on any atom is 0.573 e. The Morgan fingerprint density at radius 3 is 2.12 bits per heavy atom. The highest BCUT2D eigenvalue weighted by molar-refractivity contribution is 5.95. The molecule has 2 amide bonds. The Morgan fingerprint density at radius 1 is 0.875 bits per heavy atom. The van der Waals surface area contributed by atoms with Gasteiger partial charge in [-0.1, -0.05) is 18.2 Å². The van der Waals surface area contributed by atoms with E-state index in [1.165, 1.54) is 30.3 Å². The second-order valence-electron chi connectivity index (χ2n) is 13.2. The highest BCUT2D eigenvalue weighted by atomic mass is 19.4. The zero-order chi connectivity index (χ0) is 34.5. The van der Waals surface area contributed by atoms with Crippen molar-refractivity contribution in [3.05, 3.63) is 77.7 Å². The number of anilines is 1. The Labute approximate surface area is 277 Å². The molecule has 2 aromatic carbocycles. The Balaban J connectivity index is 1.06. The predicted molar refractivity (Wildman–Crippen MR) is 173 cm³/mol. The number of nitrogens with one attached hydrogen (secondary N) is 2. The summed E-state index contributed by atoms with van der Waals surface area (Å²) < 4.78 is 61.3. The zero-order valence-corrected chi connectivity index (χ0v) is 27.3. The lowest BCUT2D eigenvalue weighted by molar-refractivity contribution is -0.274. The number of alkyl carbamates (subject to hydrolysis) is 1. The summed E-state index contributed by atoms with van der Waals surface area (Å²) in [6.45, 7) is 9.43. The third-order valence-electron chi connectivity index (χ3n) is 8.31. The second kappa shape index (κ2) is 14.8. The number of nitrogens with zero attached hydrogens (tertiary/aromatic N) is 3. The van der Waals surface area contributed by atoms with Gasteiger partial charge in [-0.25, -0.2) is 14.2 Å². The summed E-state index contributed by atoms with van der Waals surface area (Å²) in [5.41, 5.74) is 1.27. The van der Waals surface area contributed by atoms with Gasteiger partial charge in [0, 0.05) is 62.1 Å². The van der Waals surface area contributed by atoms with Crippen molar-refractivity contribution in [1.82, 2.24) is 20.5 Å². The van der Waals surface area contributed by atoms with Gasteiger partial charge in [0.05, 0.1) is 0 Å². The summed E-state index contributed by atoms with van der Waals surface area (Å²) in [6.07, 6.45) is -0.185. The lowest BCUT2D eigenvalue weighted by atomic mass is 10.0. The second-order valence-corrected chi connectivity index (χ2v) is 13.2. The maximum absolute atomic E-state index is 14.6. The van der Waals surface area contributed by atoms with E-state index in [0.717, 1.165) is 81.9 Å². The Kier molecular flexibility index (Phi) is 10.8. The Bertz CT molecular complexity index is 1550. The minimum atomic E-state index is -4.83. The average Bonchev–Trinajstić information content (AvgIpc) is 3.02. The van der Waals surface area contributed by atoms with E-state index in [0.29, 0.717) is 5.56 Å². The summed E-state index contributed by atoms with van der Waals surface area (Å²) in [4.78, 5) is 34.4. The topological polar surface area (TPSA) is 96.0 Å². The number of amides is 2. The number of likely N-dealkylation sites (tertiary alicyclic amines) is 1. The number of hydrogen-bond donors (Lipinski definition) is 2. The molecular weight excluding hydrogens is 630 g/mol. The van der Waals surface area contributed by atoms with Crippen LogP contribution in [0.1, 0.15) is 62.4 Å². The number of carbonyl (C=O) groups excluding carboxylic acids is 2. The number of carbonyl (C=O) groups is 2. The van der Waals surface area contributed by atoms with Crippen LogP contribution >= 0.6 is 0 Å². The van der Waals surface area contributed by atoms with Crippen LogP contribution < -0.4 is 20.3 Å². The predicted octanol–water partition coefficient (Wildman–Crippen LogP) is 6.67. The number of piperidine rings is 2. The molecule has 0 unspecified atom stereocenters. The van der Waals surface area contributed by atoms with E-state index < -0.39 is 23.5 Å². The zero-order valence-electron chi connectivity index (χ0n) is 27.3.